The SMILES string of the molecule is Cc1cc(C)c(-c2ccc3c(c2)c2cc(-c4c(C)cc(C)cc4C)ccc2n3-c2ccc(-c3nc(-c4ccccc4)cc(-c4ccccc4)n3)cc2-c2ccccc2-n2c3ccccc3c3ccccc32)c(C)c1. The minimum absolute atomic E-state index is 0.663. The average Bonchev–Trinajstić information content (AvgIpc) is 3.93. The minimum Gasteiger partial charge on any atom is -0.309 e. The van der Waals surface area contributed by atoms with Crippen LogP contribution in [-0.4, -0.2) is 19.1 Å². The maximum Gasteiger partial charge on any atom is 0.160 e. The van der Waals surface area contributed by atoms with Crippen molar-refractivity contribution in [3.63, 3.8) is 0 Å². The van der Waals surface area contributed by atoms with Crippen molar-refractivity contribution in [2.75, 3.05) is 0 Å². The van der Waals surface area contributed by atoms with Gasteiger partial charge in [0.15, 0.2) is 5.82 Å². The predicted octanol–water partition coefficient (Wildman–Crippen LogP) is 18.5. The van der Waals surface area contributed by atoms with E-state index in [9.17, 15) is 0 Å². The van der Waals surface area contributed by atoms with Gasteiger partial charge >= 0.3 is 0 Å². The predicted molar refractivity (Wildman–Crippen MR) is 312 cm³/mol. The molecular weight excluding hydrogens is 897 g/mol. The lowest BCUT2D eigenvalue weighted by atomic mass is 9.91. The van der Waals surface area contributed by atoms with Crippen LogP contribution in [0.15, 0.2) is 218 Å². The van der Waals surface area contributed by atoms with E-state index < -0.39 is 0 Å². The van der Waals surface area contributed by atoms with Gasteiger partial charge in [-0.25, -0.2) is 9.97 Å². The van der Waals surface area contributed by atoms with Gasteiger partial charge in [-0.1, -0.05) is 163 Å². The molecule has 13 aromatic rings. The largest absolute Gasteiger partial charge is 0.309 e. The van der Waals surface area contributed by atoms with Crippen LogP contribution >= 0.6 is 0 Å². The van der Waals surface area contributed by atoms with Crippen LogP contribution in [0.25, 0.3) is 122 Å². The maximum absolute atomic E-state index is 5.37. The number of benzene rings is 10. The Kier molecular flexibility index (Phi) is 10.8. The zero-order valence-corrected chi connectivity index (χ0v) is 42.6. The van der Waals surface area contributed by atoms with Crippen LogP contribution in [0.4, 0.5) is 0 Å². The summed E-state index contributed by atoms with van der Waals surface area (Å²) in [5.41, 5.74) is 26.4. The molecule has 0 saturated carbocycles. The van der Waals surface area contributed by atoms with E-state index in [-0.39, 0.29) is 0 Å². The molecule has 13 rings (SSSR count). The zero-order valence-electron chi connectivity index (χ0n) is 42.6. The van der Waals surface area contributed by atoms with E-state index in [1.165, 1.54) is 77.2 Å². The van der Waals surface area contributed by atoms with Gasteiger partial charge in [-0.05, 0) is 153 Å². The molecule has 0 amide bonds. The van der Waals surface area contributed by atoms with Gasteiger partial charge in [-0.3, -0.25) is 0 Å². The van der Waals surface area contributed by atoms with E-state index in [2.05, 4.69) is 269 Å². The molecule has 0 aliphatic rings. The molecule has 3 heterocycles. The Bertz CT molecular complexity index is 4090. The van der Waals surface area contributed by atoms with Crippen molar-refractivity contribution < 1.29 is 0 Å². The molecule has 0 bridgehead atoms. The molecule has 3 aromatic heterocycles. The highest BCUT2D eigenvalue weighted by atomic mass is 15.0. The lowest BCUT2D eigenvalue weighted by molar-refractivity contribution is 1.15. The third-order valence-electron chi connectivity index (χ3n) is 15.1. The highest BCUT2D eigenvalue weighted by molar-refractivity contribution is 6.13. The first-order chi connectivity index (χ1) is 36.2. The molecule has 0 aliphatic heterocycles. The second-order valence-corrected chi connectivity index (χ2v) is 20.2. The van der Waals surface area contributed by atoms with E-state index in [1.807, 2.05) is 0 Å². The Morgan fingerprint density at radius 3 is 1.19 bits per heavy atom. The molecule has 74 heavy (non-hydrogen) atoms. The third kappa shape index (κ3) is 7.52. The minimum atomic E-state index is 0.663. The van der Waals surface area contributed by atoms with Gasteiger partial charge in [0.25, 0.3) is 0 Å². The van der Waals surface area contributed by atoms with Crippen molar-refractivity contribution >= 4 is 43.6 Å². The number of hydrogen-bond donors (Lipinski definition) is 0. The van der Waals surface area contributed by atoms with Crippen molar-refractivity contribution in [2.24, 2.45) is 0 Å². The molecule has 0 radical (unpaired) electrons. The fraction of sp³-hybridized carbons (Fsp3) is 0.0857. The lowest BCUT2D eigenvalue weighted by Crippen LogP contribution is -2.03. The summed E-state index contributed by atoms with van der Waals surface area (Å²) < 4.78 is 4.94. The molecule has 10 aromatic carbocycles. The summed E-state index contributed by atoms with van der Waals surface area (Å²) in [7, 11) is 0. The molecule has 354 valence electrons. The van der Waals surface area contributed by atoms with Crippen LogP contribution in [0.1, 0.15) is 33.4 Å². The van der Waals surface area contributed by atoms with E-state index in [0.717, 1.165) is 72.6 Å². The van der Waals surface area contributed by atoms with Gasteiger partial charge in [-0.2, -0.15) is 0 Å². The van der Waals surface area contributed by atoms with Gasteiger partial charge in [0.05, 0.1) is 44.8 Å². The summed E-state index contributed by atoms with van der Waals surface area (Å²) in [6, 6.07) is 79.7. The fourth-order valence-electron chi connectivity index (χ4n) is 12.1. The second kappa shape index (κ2) is 17.9. The van der Waals surface area contributed by atoms with Crippen LogP contribution in [0, 0.1) is 41.5 Å². The van der Waals surface area contributed by atoms with Gasteiger partial charge in [0, 0.05) is 49.4 Å². The summed E-state index contributed by atoms with van der Waals surface area (Å²) >= 11 is 0. The lowest BCUT2D eigenvalue weighted by Gasteiger charge is -2.20. The molecular formula is C70H54N4. The molecule has 0 fully saturated rings. The Morgan fingerprint density at radius 1 is 0.284 bits per heavy atom. The third-order valence-corrected chi connectivity index (χ3v) is 15.1. The molecule has 0 aliphatic carbocycles. The van der Waals surface area contributed by atoms with E-state index in [4.69, 9.17) is 9.97 Å². The number of nitrogens with zero attached hydrogens (tertiary/aromatic N) is 4. The first kappa shape index (κ1) is 44.8. The molecule has 4 nitrogen and oxygen atoms in total. The molecule has 0 spiro atoms. The van der Waals surface area contributed by atoms with Crippen molar-refractivity contribution in [3.05, 3.63) is 252 Å². The normalized spacial score (nSPS) is 11.6. The topological polar surface area (TPSA) is 35.6 Å². The Morgan fingerprint density at radius 2 is 0.689 bits per heavy atom. The molecule has 0 N–H and O–H groups in total. The van der Waals surface area contributed by atoms with Crippen LogP contribution in [0.5, 0.6) is 0 Å². The van der Waals surface area contributed by atoms with Crippen LogP contribution in [0.3, 0.4) is 0 Å². The average molecular weight is 951 g/mol. The van der Waals surface area contributed by atoms with E-state index in [1.54, 1.807) is 0 Å². The summed E-state index contributed by atoms with van der Waals surface area (Å²) in [6.07, 6.45) is 0. The Hall–Kier alpha value is -9.12. The highest BCUT2D eigenvalue weighted by Crippen LogP contribution is 2.45. The summed E-state index contributed by atoms with van der Waals surface area (Å²) in [5.74, 6) is 0.663. The van der Waals surface area contributed by atoms with E-state index >= 15 is 0 Å². The number of rotatable bonds is 8. The number of aromatic nitrogens is 4. The molecule has 0 saturated heterocycles. The van der Waals surface area contributed by atoms with Gasteiger partial charge in [-0.15, -0.1) is 0 Å². The van der Waals surface area contributed by atoms with Crippen molar-refractivity contribution in [1.29, 1.82) is 0 Å². The molecule has 0 atom stereocenters. The fourth-order valence-corrected chi connectivity index (χ4v) is 12.1. The van der Waals surface area contributed by atoms with Crippen molar-refractivity contribution in [1.82, 2.24) is 19.1 Å². The van der Waals surface area contributed by atoms with Gasteiger partial charge in [0.1, 0.15) is 0 Å². The number of para-hydroxylation sites is 3. The summed E-state index contributed by atoms with van der Waals surface area (Å²) in [4.78, 5) is 10.7. The number of hydrogen-bond acceptors (Lipinski definition) is 2. The van der Waals surface area contributed by atoms with Crippen LogP contribution in [0.2, 0.25) is 0 Å². The first-order valence-corrected chi connectivity index (χ1v) is 25.6. The quantitative estimate of drug-likeness (QED) is 0.152. The maximum atomic E-state index is 5.37. The second-order valence-electron chi connectivity index (χ2n) is 20.2. The Labute approximate surface area is 432 Å². The zero-order chi connectivity index (χ0) is 50.2. The van der Waals surface area contributed by atoms with Gasteiger partial charge < -0.3 is 9.13 Å². The first-order valence-electron chi connectivity index (χ1n) is 25.6. The Balaban J connectivity index is 1.12. The monoisotopic (exact) mass is 950 g/mol. The van der Waals surface area contributed by atoms with Crippen LogP contribution in [-0.2, 0) is 0 Å². The van der Waals surface area contributed by atoms with E-state index in [0.29, 0.717) is 5.82 Å². The van der Waals surface area contributed by atoms with Crippen molar-refractivity contribution in [2.45, 2.75) is 41.5 Å². The number of aryl methyl sites for hydroxylation is 6. The smallest absolute Gasteiger partial charge is 0.160 e. The molecule has 0 unspecified atom stereocenters. The molecule has 4 heteroatoms. The van der Waals surface area contributed by atoms with Crippen LogP contribution < -0.4 is 0 Å². The highest BCUT2D eigenvalue weighted by Gasteiger charge is 2.23. The van der Waals surface area contributed by atoms with Gasteiger partial charge in [0.2, 0.25) is 0 Å². The summed E-state index contributed by atoms with van der Waals surface area (Å²) in [6.45, 7) is 13.4. The summed E-state index contributed by atoms with van der Waals surface area (Å²) in [5, 5.41) is 4.86. The standard InChI is InChI=1S/C70H54N4/c1-43-35-45(3)68(46(4)36-43)51-29-32-66-58(39-51)59-40-52(69-47(5)37-44(2)38-48(69)6)30-33-67(59)74(66)65-34-31-53(70-71-60(49-19-9-7-10-20-49)42-61(72-70)50-21-11-8-12-22-50)41-57(65)56-25-15-18-28-64(56)73-62-26-16-13-23-54(62)55-24-14-17-27-63(55)73/h7-42H,1-6H3. The van der Waals surface area contributed by atoms with Crippen molar-refractivity contribution in [3.8, 4) is 78.7 Å². The number of fused-ring (bicyclic) bond motifs is 6.